The Bertz CT molecular complexity index is 736. The molecule has 0 saturated heterocycles. The molecule has 0 radical (unpaired) electrons. The maximum atomic E-state index is 12.5. The van der Waals surface area contributed by atoms with Crippen LogP contribution in [-0.4, -0.2) is 12.1 Å². The standard InChI is InChI=1S/C22H28ClO2P.Li/c1-4-6-10-17(5-2)15-25-18-12-13-21(20(23)14-18)26-22(24)19-11-8-7-9-16(19)3;/h7-9,11-14,17,26H,4-6,10,15H2,1-3H3;/q;+1. The van der Waals surface area contributed by atoms with E-state index in [0.29, 0.717) is 10.9 Å². The normalized spacial score (nSPS) is 12.0. The van der Waals surface area contributed by atoms with E-state index in [1.807, 2.05) is 49.4 Å². The molecular formula is C22H28ClLiO2P+. The van der Waals surface area contributed by atoms with Gasteiger partial charge in [-0.3, -0.25) is 4.79 Å². The van der Waals surface area contributed by atoms with Crippen LogP contribution in [-0.2, 0) is 0 Å². The van der Waals surface area contributed by atoms with Crippen LogP contribution in [0.4, 0.5) is 0 Å². The van der Waals surface area contributed by atoms with Crippen LogP contribution >= 0.6 is 20.2 Å². The minimum atomic E-state index is 0. The summed E-state index contributed by atoms with van der Waals surface area (Å²) in [5, 5.41) is 1.47. The zero-order chi connectivity index (χ0) is 18.9. The molecule has 0 N–H and O–H groups in total. The van der Waals surface area contributed by atoms with Gasteiger partial charge in [-0.2, -0.15) is 0 Å². The van der Waals surface area contributed by atoms with Gasteiger partial charge >= 0.3 is 18.9 Å². The fraction of sp³-hybridized carbons (Fsp3) is 0.409. The van der Waals surface area contributed by atoms with Crippen LogP contribution in [0.1, 0.15) is 55.5 Å². The molecule has 0 aliphatic rings. The summed E-state index contributed by atoms with van der Waals surface area (Å²) >= 11 is 6.41. The molecule has 5 heteroatoms. The maximum Gasteiger partial charge on any atom is 1.00 e. The first kappa shape index (κ1) is 24.3. The SMILES string of the molecule is CCCCC(CC)COc1ccc(PC(=O)c2ccccc2C)c(Cl)c1.[Li+]. The minimum absolute atomic E-state index is 0. The number of carbonyl (C=O) groups is 1. The third-order valence-electron chi connectivity index (χ3n) is 4.61. The molecule has 0 amide bonds. The molecule has 0 heterocycles. The molecule has 0 spiro atoms. The topological polar surface area (TPSA) is 26.3 Å². The van der Waals surface area contributed by atoms with E-state index < -0.39 is 0 Å². The van der Waals surface area contributed by atoms with E-state index in [1.54, 1.807) is 0 Å². The number of unbranched alkanes of at least 4 members (excludes halogenated alkanes) is 1. The zero-order valence-electron chi connectivity index (χ0n) is 16.8. The van der Waals surface area contributed by atoms with E-state index in [-0.39, 0.29) is 33.0 Å². The molecule has 0 aliphatic heterocycles. The van der Waals surface area contributed by atoms with E-state index in [1.165, 1.54) is 19.3 Å². The fourth-order valence-electron chi connectivity index (χ4n) is 2.82. The van der Waals surface area contributed by atoms with Crippen molar-refractivity contribution in [3.8, 4) is 5.75 Å². The van der Waals surface area contributed by atoms with E-state index in [9.17, 15) is 4.79 Å². The summed E-state index contributed by atoms with van der Waals surface area (Å²) < 4.78 is 5.93. The Labute approximate surface area is 182 Å². The second-order valence-electron chi connectivity index (χ2n) is 6.64. The van der Waals surface area contributed by atoms with Crippen LogP contribution in [0.25, 0.3) is 0 Å². The van der Waals surface area contributed by atoms with Crippen molar-refractivity contribution in [1.29, 1.82) is 0 Å². The van der Waals surface area contributed by atoms with Gasteiger partial charge in [0.1, 0.15) is 5.75 Å². The van der Waals surface area contributed by atoms with E-state index in [2.05, 4.69) is 13.8 Å². The molecular weight excluding hydrogens is 370 g/mol. The molecule has 0 fully saturated rings. The van der Waals surface area contributed by atoms with Crippen molar-refractivity contribution in [2.45, 2.75) is 46.5 Å². The molecule has 140 valence electrons. The predicted molar refractivity (Wildman–Crippen MR) is 114 cm³/mol. The summed E-state index contributed by atoms with van der Waals surface area (Å²) in [6, 6.07) is 13.3. The van der Waals surface area contributed by atoms with Gasteiger partial charge in [0.2, 0.25) is 0 Å². The van der Waals surface area contributed by atoms with Gasteiger partial charge in [-0.25, -0.2) is 0 Å². The van der Waals surface area contributed by atoms with Crippen LogP contribution in [0.2, 0.25) is 5.02 Å². The Morgan fingerprint density at radius 2 is 1.93 bits per heavy atom. The average molecular weight is 398 g/mol. The molecule has 0 saturated carbocycles. The van der Waals surface area contributed by atoms with Crippen molar-refractivity contribution in [2.75, 3.05) is 6.61 Å². The first-order valence-electron chi connectivity index (χ1n) is 9.34. The van der Waals surface area contributed by atoms with Crippen molar-refractivity contribution in [3.63, 3.8) is 0 Å². The Hall–Kier alpha value is -0.773. The molecule has 2 unspecified atom stereocenters. The van der Waals surface area contributed by atoms with Crippen molar-refractivity contribution in [1.82, 2.24) is 0 Å². The Balaban J connectivity index is 0.00000364. The largest absolute Gasteiger partial charge is 1.00 e. The van der Waals surface area contributed by atoms with Crippen molar-refractivity contribution in [3.05, 3.63) is 58.6 Å². The molecule has 0 aliphatic carbocycles. The zero-order valence-corrected chi connectivity index (χ0v) is 18.6. The molecule has 2 atom stereocenters. The smallest absolute Gasteiger partial charge is 0.493 e. The number of benzene rings is 2. The van der Waals surface area contributed by atoms with Crippen LogP contribution in [0.5, 0.6) is 5.75 Å². The fourth-order valence-corrected chi connectivity index (χ4v) is 4.15. The second-order valence-corrected chi connectivity index (χ2v) is 8.29. The van der Waals surface area contributed by atoms with Crippen LogP contribution in [0.3, 0.4) is 0 Å². The van der Waals surface area contributed by atoms with Gasteiger partial charge < -0.3 is 4.74 Å². The van der Waals surface area contributed by atoms with Gasteiger partial charge in [-0.05, 0) is 56.9 Å². The van der Waals surface area contributed by atoms with Crippen molar-refractivity contribution < 1.29 is 28.4 Å². The molecule has 0 bridgehead atoms. The predicted octanol–water partition coefficient (Wildman–Crippen LogP) is 3.39. The Morgan fingerprint density at radius 1 is 1.19 bits per heavy atom. The summed E-state index contributed by atoms with van der Waals surface area (Å²) in [6.45, 7) is 7.10. The van der Waals surface area contributed by atoms with E-state index >= 15 is 0 Å². The van der Waals surface area contributed by atoms with Gasteiger partial charge in [0, 0.05) is 5.56 Å². The second kappa shape index (κ2) is 12.6. The molecule has 2 aromatic carbocycles. The Kier molecular flexibility index (Phi) is 11.4. The number of ether oxygens (including phenoxy) is 1. The average Bonchev–Trinajstić information content (AvgIpc) is 2.64. The molecule has 0 aromatic heterocycles. The van der Waals surface area contributed by atoms with Gasteiger partial charge in [-0.1, -0.05) is 69.0 Å². The molecule has 2 aromatic rings. The first-order chi connectivity index (χ1) is 12.5. The van der Waals surface area contributed by atoms with E-state index in [4.69, 9.17) is 16.3 Å². The van der Waals surface area contributed by atoms with Crippen molar-refractivity contribution >= 4 is 31.0 Å². The summed E-state index contributed by atoms with van der Waals surface area (Å²) in [5.41, 5.74) is 1.88. The monoisotopic (exact) mass is 397 g/mol. The number of halogens is 1. The number of carbonyl (C=O) groups excluding carboxylic acids is 1. The van der Waals surface area contributed by atoms with Gasteiger partial charge in [-0.15, -0.1) is 0 Å². The molecule has 2 rings (SSSR count). The van der Waals surface area contributed by atoms with E-state index in [0.717, 1.165) is 35.2 Å². The summed E-state index contributed by atoms with van der Waals surface area (Å²) in [7, 11) is 0.0182. The number of aryl methyl sites for hydroxylation is 1. The molecule has 2 nitrogen and oxygen atoms in total. The van der Waals surface area contributed by atoms with Gasteiger partial charge in [0.25, 0.3) is 0 Å². The number of hydrogen-bond acceptors (Lipinski definition) is 2. The summed E-state index contributed by atoms with van der Waals surface area (Å²) in [5.74, 6) is 1.36. The quantitative estimate of drug-likeness (QED) is 0.454. The number of hydrogen-bond donors (Lipinski definition) is 0. The summed E-state index contributed by atoms with van der Waals surface area (Å²) in [4.78, 5) is 12.5. The maximum absolute atomic E-state index is 12.5. The first-order valence-corrected chi connectivity index (χ1v) is 10.7. The van der Waals surface area contributed by atoms with Crippen LogP contribution in [0.15, 0.2) is 42.5 Å². The van der Waals surface area contributed by atoms with Crippen molar-refractivity contribution in [2.24, 2.45) is 5.92 Å². The third-order valence-corrected chi connectivity index (χ3v) is 6.28. The summed E-state index contributed by atoms with van der Waals surface area (Å²) in [6.07, 6.45) is 4.78. The number of rotatable bonds is 10. The minimum Gasteiger partial charge on any atom is -0.493 e. The van der Waals surface area contributed by atoms with Gasteiger partial charge in [0.05, 0.1) is 11.6 Å². The van der Waals surface area contributed by atoms with Crippen LogP contribution in [0, 0.1) is 12.8 Å². The molecule has 27 heavy (non-hydrogen) atoms. The van der Waals surface area contributed by atoms with Crippen LogP contribution < -0.4 is 28.9 Å². The Morgan fingerprint density at radius 3 is 2.56 bits per heavy atom. The third kappa shape index (κ3) is 7.63. The van der Waals surface area contributed by atoms with Gasteiger partial charge in [0.15, 0.2) is 5.52 Å².